The van der Waals surface area contributed by atoms with Crippen molar-refractivity contribution in [2.45, 2.75) is 45.7 Å². The first-order valence-electron chi connectivity index (χ1n) is 10.3. The molecule has 1 saturated heterocycles. The molecule has 0 aromatic heterocycles. The van der Waals surface area contributed by atoms with Gasteiger partial charge in [-0.2, -0.15) is 0 Å². The maximum absolute atomic E-state index is 12.8. The molecule has 150 valence electrons. The van der Waals surface area contributed by atoms with Crippen LogP contribution in [0.15, 0.2) is 48.5 Å². The molecule has 1 aliphatic rings. The topological polar surface area (TPSA) is 41.6 Å². The summed E-state index contributed by atoms with van der Waals surface area (Å²) in [4.78, 5) is 15.3. The lowest BCUT2D eigenvalue weighted by atomic mass is 9.94. The number of carbonyl (C=O) groups is 1. The summed E-state index contributed by atoms with van der Waals surface area (Å²) >= 11 is 0. The molecule has 0 saturated carbocycles. The molecular formula is C24H32N2O2. The molecule has 1 atom stereocenters. The molecule has 1 heterocycles. The van der Waals surface area contributed by atoms with Gasteiger partial charge in [-0.1, -0.05) is 48.9 Å². The molecule has 4 heteroatoms. The highest BCUT2D eigenvalue weighted by molar-refractivity contribution is 5.79. The minimum absolute atomic E-state index is 0.0593. The first-order chi connectivity index (χ1) is 13.6. The van der Waals surface area contributed by atoms with Crippen LogP contribution in [0.5, 0.6) is 5.75 Å². The Bertz CT molecular complexity index is 747. The zero-order valence-corrected chi connectivity index (χ0v) is 17.3. The lowest BCUT2D eigenvalue weighted by molar-refractivity contribution is -0.127. The fraction of sp³-hybridized carbons (Fsp3) is 0.458. The molecule has 1 N–H and O–H groups in total. The average Bonchev–Trinajstić information content (AvgIpc) is 2.74. The van der Waals surface area contributed by atoms with Gasteiger partial charge in [0, 0.05) is 12.5 Å². The van der Waals surface area contributed by atoms with E-state index < -0.39 is 0 Å². The molecule has 0 aliphatic carbocycles. The molecule has 0 unspecified atom stereocenters. The van der Waals surface area contributed by atoms with E-state index >= 15 is 0 Å². The van der Waals surface area contributed by atoms with E-state index in [0.29, 0.717) is 0 Å². The third-order valence-electron chi connectivity index (χ3n) is 5.73. The fourth-order valence-corrected chi connectivity index (χ4v) is 3.85. The number of ether oxygens (including phenoxy) is 1. The third-order valence-corrected chi connectivity index (χ3v) is 5.73. The van der Waals surface area contributed by atoms with Crippen molar-refractivity contribution in [1.82, 2.24) is 10.2 Å². The Morgan fingerprint density at radius 2 is 1.75 bits per heavy atom. The Morgan fingerprint density at radius 3 is 2.32 bits per heavy atom. The molecule has 2 aromatic carbocycles. The maximum Gasteiger partial charge on any atom is 0.223 e. The van der Waals surface area contributed by atoms with Crippen LogP contribution in [0.3, 0.4) is 0 Å². The molecule has 3 rings (SSSR count). The third kappa shape index (κ3) is 5.35. The van der Waals surface area contributed by atoms with Gasteiger partial charge < -0.3 is 10.1 Å². The smallest absolute Gasteiger partial charge is 0.223 e. The number of nitrogens with one attached hydrogen (secondary N) is 1. The number of amides is 1. The number of hydrogen-bond donors (Lipinski definition) is 1. The van der Waals surface area contributed by atoms with Crippen LogP contribution in [-0.4, -0.2) is 31.0 Å². The second-order valence-corrected chi connectivity index (χ2v) is 7.78. The molecule has 2 aromatic rings. The van der Waals surface area contributed by atoms with Crippen molar-refractivity contribution < 1.29 is 9.53 Å². The second-order valence-electron chi connectivity index (χ2n) is 7.78. The van der Waals surface area contributed by atoms with Crippen LogP contribution in [0.1, 0.15) is 48.9 Å². The highest BCUT2D eigenvalue weighted by Crippen LogP contribution is 2.23. The Labute approximate surface area is 168 Å². The van der Waals surface area contributed by atoms with E-state index in [1.807, 2.05) is 24.3 Å². The quantitative estimate of drug-likeness (QED) is 0.770. The van der Waals surface area contributed by atoms with E-state index in [4.69, 9.17) is 4.74 Å². The van der Waals surface area contributed by atoms with Crippen molar-refractivity contribution in [3.05, 3.63) is 65.2 Å². The van der Waals surface area contributed by atoms with E-state index in [-0.39, 0.29) is 17.9 Å². The van der Waals surface area contributed by atoms with Crippen LogP contribution >= 0.6 is 0 Å². The van der Waals surface area contributed by atoms with Crippen LogP contribution in [0.25, 0.3) is 0 Å². The molecule has 0 radical (unpaired) electrons. The van der Waals surface area contributed by atoms with Gasteiger partial charge in [0.25, 0.3) is 0 Å². The number of hydrogen-bond acceptors (Lipinski definition) is 3. The van der Waals surface area contributed by atoms with Crippen molar-refractivity contribution in [2.75, 3.05) is 20.2 Å². The van der Waals surface area contributed by atoms with Gasteiger partial charge in [0.1, 0.15) is 5.75 Å². The van der Waals surface area contributed by atoms with Gasteiger partial charge in [-0.25, -0.2) is 0 Å². The minimum Gasteiger partial charge on any atom is -0.497 e. The van der Waals surface area contributed by atoms with Crippen LogP contribution in [0.4, 0.5) is 0 Å². The van der Waals surface area contributed by atoms with Crippen molar-refractivity contribution >= 4 is 5.91 Å². The molecular weight excluding hydrogens is 348 g/mol. The SMILES string of the molecule is CC[C@@H](NC(=O)C1CCN(Cc2ccc(C)cc2)CC1)c1ccc(OC)cc1. The number of aryl methyl sites for hydroxylation is 1. The van der Waals surface area contributed by atoms with Crippen molar-refractivity contribution in [2.24, 2.45) is 5.92 Å². The highest BCUT2D eigenvalue weighted by atomic mass is 16.5. The lowest BCUT2D eigenvalue weighted by Gasteiger charge is -2.32. The Hall–Kier alpha value is -2.33. The number of nitrogens with zero attached hydrogens (tertiary/aromatic N) is 1. The monoisotopic (exact) mass is 380 g/mol. The van der Waals surface area contributed by atoms with Gasteiger partial charge in [0.15, 0.2) is 0 Å². The second kappa shape index (κ2) is 9.74. The number of carbonyl (C=O) groups excluding carboxylic acids is 1. The normalized spacial score (nSPS) is 16.5. The Kier molecular flexibility index (Phi) is 7.10. The van der Waals surface area contributed by atoms with E-state index in [1.165, 1.54) is 11.1 Å². The lowest BCUT2D eigenvalue weighted by Crippen LogP contribution is -2.41. The van der Waals surface area contributed by atoms with Gasteiger partial charge in [-0.3, -0.25) is 9.69 Å². The first-order valence-corrected chi connectivity index (χ1v) is 10.3. The van der Waals surface area contributed by atoms with E-state index in [9.17, 15) is 4.79 Å². The Morgan fingerprint density at radius 1 is 1.11 bits per heavy atom. The molecule has 1 fully saturated rings. The molecule has 1 aliphatic heterocycles. The van der Waals surface area contributed by atoms with Crippen molar-refractivity contribution in [3.63, 3.8) is 0 Å². The van der Waals surface area contributed by atoms with Gasteiger partial charge in [-0.15, -0.1) is 0 Å². The zero-order valence-electron chi connectivity index (χ0n) is 17.3. The Balaban J connectivity index is 1.50. The largest absolute Gasteiger partial charge is 0.497 e. The molecule has 4 nitrogen and oxygen atoms in total. The van der Waals surface area contributed by atoms with Crippen LogP contribution in [0, 0.1) is 12.8 Å². The molecule has 1 amide bonds. The summed E-state index contributed by atoms with van der Waals surface area (Å²) in [7, 11) is 1.67. The summed E-state index contributed by atoms with van der Waals surface area (Å²) < 4.78 is 5.23. The summed E-state index contributed by atoms with van der Waals surface area (Å²) in [5.74, 6) is 1.14. The number of likely N-dealkylation sites (tertiary alicyclic amines) is 1. The molecule has 28 heavy (non-hydrogen) atoms. The van der Waals surface area contributed by atoms with Crippen LogP contribution in [-0.2, 0) is 11.3 Å². The summed E-state index contributed by atoms with van der Waals surface area (Å²) in [5.41, 5.74) is 3.77. The van der Waals surface area contributed by atoms with Gasteiger partial charge in [0.05, 0.1) is 13.2 Å². The van der Waals surface area contributed by atoms with Gasteiger partial charge >= 0.3 is 0 Å². The fourth-order valence-electron chi connectivity index (χ4n) is 3.85. The summed E-state index contributed by atoms with van der Waals surface area (Å²) in [5, 5.41) is 3.26. The molecule has 0 bridgehead atoms. The van der Waals surface area contributed by atoms with Gasteiger partial charge in [0.2, 0.25) is 5.91 Å². The van der Waals surface area contributed by atoms with E-state index in [0.717, 1.165) is 50.2 Å². The minimum atomic E-state index is 0.0593. The van der Waals surface area contributed by atoms with E-state index in [2.05, 4.69) is 48.3 Å². The predicted molar refractivity (Wildman–Crippen MR) is 113 cm³/mol. The van der Waals surface area contributed by atoms with Gasteiger partial charge in [-0.05, 0) is 62.5 Å². The summed E-state index contributed by atoms with van der Waals surface area (Å²) in [6.45, 7) is 7.15. The number of piperidine rings is 1. The van der Waals surface area contributed by atoms with Crippen LogP contribution < -0.4 is 10.1 Å². The highest BCUT2D eigenvalue weighted by Gasteiger charge is 2.26. The standard InChI is InChI=1S/C24H32N2O2/c1-4-23(20-9-11-22(28-3)12-10-20)25-24(27)21-13-15-26(16-14-21)17-19-7-5-18(2)6-8-19/h5-12,21,23H,4,13-17H2,1-3H3,(H,25,27)/t23-/m1/s1. The van der Waals surface area contributed by atoms with Crippen LogP contribution in [0.2, 0.25) is 0 Å². The predicted octanol–water partition coefficient (Wildman–Crippen LogP) is 4.48. The first kappa shape index (κ1) is 20.4. The zero-order chi connectivity index (χ0) is 19.9. The number of rotatable bonds is 7. The molecule has 0 spiro atoms. The average molecular weight is 381 g/mol. The van der Waals surface area contributed by atoms with Crippen molar-refractivity contribution in [3.8, 4) is 5.75 Å². The number of benzene rings is 2. The number of methoxy groups -OCH3 is 1. The van der Waals surface area contributed by atoms with Crippen molar-refractivity contribution in [1.29, 1.82) is 0 Å². The van der Waals surface area contributed by atoms with E-state index in [1.54, 1.807) is 7.11 Å². The summed E-state index contributed by atoms with van der Waals surface area (Å²) in [6.07, 6.45) is 2.73. The summed E-state index contributed by atoms with van der Waals surface area (Å²) in [6, 6.07) is 16.8. The maximum atomic E-state index is 12.8.